The number of likely N-dealkylation sites (tertiary alicyclic amines) is 1. The Hall–Kier alpha value is -2.37. The number of ketones is 1. The molecule has 3 heterocycles. The van der Waals surface area contributed by atoms with Crippen molar-refractivity contribution >= 4 is 22.9 Å². The number of nitrogens with one attached hydrogen (secondary N) is 1. The van der Waals surface area contributed by atoms with Crippen molar-refractivity contribution in [2.45, 2.75) is 45.3 Å². The third kappa shape index (κ3) is 3.21. The van der Waals surface area contributed by atoms with Crippen LogP contribution in [0.5, 0.6) is 0 Å². The summed E-state index contributed by atoms with van der Waals surface area (Å²) in [5.74, 6) is -0.0797. The zero-order valence-electron chi connectivity index (χ0n) is 13.6. The number of aromatic nitrogens is 2. The number of hydrogen-bond acceptors (Lipinski definition) is 4. The van der Waals surface area contributed by atoms with Crippen LogP contribution in [0, 0.1) is 0 Å². The van der Waals surface area contributed by atoms with Crippen LogP contribution in [0.25, 0.3) is 11.0 Å². The summed E-state index contributed by atoms with van der Waals surface area (Å²) in [6, 6.07) is 3.22. The first-order valence-electron chi connectivity index (χ1n) is 7.82. The minimum Gasteiger partial charge on any atom is -0.444 e. The van der Waals surface area contributed by atoms with E-state index in [1.807, 2.05) is 32.9 Å². The quantitative estimate of drug-likeness (QED) is 0.864. The molecule has 6 nitrogen and oxygen atoms in total. The van der Waals surface area contributed by atoms with Gasteiger partial charge < -0.3 is 9.72 Å². The molecule has 6 heteroatoms. The van der Waals surface area contributed by atoms with E-state index in [-0.39, 0.29) is 5.78 Å². The van der Waals surface area contributed by atoms with Crippen molar-refractivity contribution in [3.8, 4) is 0 Å². The third-order valence-electron chi connectivity index (χ3n) is 3.87. The van der Waals surface area contributed by atoms with E-state index in [0.29, 0.717) is 18.5 Å². The van der Waals surface area contributed by atoms with Gasteiger partial charge in [0.05, 0.1) is 6.04 Å². The smallest absolute Gasteiger partial charge is 0.410 e. The average Bonchev–Trinajstić information content (AvgIpc) is 3.12. The lowest BCUT2D eigenvalue weighted by molar-refractivity contribution is 0.0222. The highest BCUT2D eigenvalue weighted by molar-refractivity contribution is 6.03. The fraction of sp³-hybridized carbons (Fsp3) is 0.471. The van der Waals surface area contributed by atoms with Crippen LogP contribution >= 0.6 is 0 Å². The first kappa shape index (κ1) is 15.5. The van der Waals surface area contributed by atoms with Gasteiger partial charge in [0.25, 0.3) is 0 Å². The molecule has 0 radical (unpaired) electrons. The Morgan fingerprint density at radius 1 is 1.39 bits per heavy atom. The van der Waals surface area contributed by atoms with Crippen molar-refractivity contribution in [1.29, 1.82) is 0 Å². The summed E-state index contributed by atoms with van der Waals surface area (Å²) in [4.78, 5) is 33.9. The van der Waals surface area contributed by atoms with Crippen LogP contribution in [0.4, 0.5) is 4.79 Å². The van der Waals surface area contributed by atoms with Crippen molar-refractivity contribution < 1.29 is 14.3 Å². The topological polar surface area (TPSA) is 75.3 Å². The van der Waals surface area contributed by atoms with Gasteiger partial charge >= 0.3 is 6.09 Å². The molecular weight excluding hydrogens is 294 g/mol. The Morgan fingerprint density at radius 2 is 2.17 bits per heavy atom. The molecule has 1 aliphatic heterocycles. The molecule has 0 aromatic carbocycles. The number of pyridine rings is 1. The van der Waals surface area contributed by atoms with Gasteiger partial charge in [-0.1, -0.05) is 0 Å². The first-order valence-corrected chi connectivity index (χ1v) is 7.82. The number of nitrogens with zero attached hydrogens (tertiary/aromatic N) is 2. The molecule has 23 heavy (non-hydrogen) atoms. The number of aromatic amines is 1. The van der Waals surface area contributed by atoms with Crippen LogP contribution in [0.2, 0.25) is 0 Å². The molecule has 1 saturated heterocycles. The number of ether oxygens (including phenoxy) is 1. The Morgan fingerprint density at radius 3 is 2.91 bits per heavy atom. The van der Waals surface area contributed by atoms with Crippen LogP contribution in [-0.2, 0) is 4.74 Å². The molecule has 1 N–H and O–H groups in total. The summed E-state index contributed by atoms with van der Waals surface area (Å²) in [5, 5.41) is 0.887. The fourth-order valence-corrected chi connectivity index (χ4v) is 2.85. The van der Waals surface area contributed by atoms with E-state index in [4.69, 9.17) is 4.74 Å². The molecule has 0 bridgehead atoms. The molecule has 2 aromatic heterocycles. The number of H-pyrrole nitrogens is 1. The molecule has 1 unspecified atom stereocenters. The second-order valence-electron chi connectivity index (χ2n) is 6.84. The minimum absolute atomic E-state index is 0.0797. The lowest BCUT2D eigenvalue weighted by Gasteiger charge is -2.27. The van der Waals surface area contributed by atoms with Gasteiger partial charge in [0.2, 0.25) is 0 Å². The standard InChI is InChI=1S/C17H21N3O3/c1-17(2,3)23-16(22)20-8-4-5-13(20)14(21)12-9-11-6-7-18-15(11)19-10-12/h6-7,9-10,13H,4-5,8H2,1-3H3,(H,18,19). The number of rotatable bonds is 2. The summed E-state index contributed by atoms with van der Waals surface area (Å²) in [6.07, 6.45) is 4.38. The number of fused-ring (bicyclic) bond motifs is 1. The lowest BCUT2D eigenvalue weighted by atomic mass is 10.0. The van der Waals surface area contributed by atoms with Gasteiger partial charge in [-0.15, -0.1) is 0 Å². The van der Waals surface area contributed by atoms with E-state index in [1.54, 1.807) is 12.4 Å². The van der Waals surface area contributed by atoms with E-state index in [1.165, 1.54) is 4.90 Å². The maximum atomic E-state index is 12.8. The molecule has 122 valence electrons. The van der Waals surface area contributed by atoms with E-state index >= 15 is 0 Å². The summed E-state index contributed by atoms with van der Waals surface area (Å²) in [5.41, 5.74) is 0.702. The molecule has 2 aromatic rings. The largest absolute Gasteiger partial charge is 0.444 e. The van der Waals surface area contributed by atoms with Crippen LogP contribution < -0.4 is 0 Å². The minimum atomic E-state index is -0.571. The second-order valence-corrected chi connectivity index (χ2v) is 6.84. The zero-order valence-corrected chi connectivity index (χ0v) is 13.6. The Labute approximate surface area is 134 Å². The fourth-order valence-electron chi connectivity index (χ4n) is 2.85. The van der Waals surface area contributed by atoms with Crippen molar-refractivity contribution in [2.75, 3.05) is 6.54 Å². The predicted octanol–water partition coefficient (Wildman–Crippen LogP) is 3.15. The number of amides is 1. The number of carbonyl (C=O) groups is 2. The predicted molar refractivity (Wildman–Crippen MR) is 86.4 cm³/mol. The van der Waals surface area contributed by atoms with Crippen molar-refractivity contribution in [1.82, 2.24) is 14.9 Å². The highest BCUT2D eigenvalue weighted by atomic mass is 16.6. The summed E-state index contributed by atoms with van der Waals surface area (Å²) < 4.78 is 5.41. The summed E-state index contributed by atoms with van der Waals surface area (Å²) >= 11 is 0. The monoisotopic (exact) mass is 315 g/mol. The van der Waals surface area contributed by atoms with E-state index in [9.17, 15) is 9.59 Å². The Bertz CT molecular complexity index is 745. The van der Waals surface area contributed by atoms with Crippen molar-refractivity contribution in [3.63, 3.8) is 0 Å². The highest BCUT2D eigenvalue weighted by Gasteiger charge is 2.37. The molecule has 0 saturated carbocycles. The first-order chi connectivity index (χ1) is 10.8. The molecule has 1 fully saturated rings. The van der Waals surface area contributed by atoms with Gasteiger partial charge in [0.15, 0.2) is 5.78 Å². The normalized spacial score (nSPS) is 18.4. The molecule has 0 aliphatic carbocycles. The Balaban J connectivity index is 1.81. The second kappa shape index (κ2) is 5.68. The zero-order chi connectivity index (χ0) is 16.6. The van der Waals surface area contributed by atoms with Crippen LogP contribution in [0.3, 0.4) is 0 Å². The number of Topliss-reactive ketones (excluding diaryl/α,β-unsaturated/α-hetero) is 1. The van der Waals surface area contributed by atoms with Gasteiger partial charge in [0.1, 0.15) is 11.2 Å². The van der Waals surface area contributed by atoms with Crippen molar-refractivity contribution in [3.05, 3.63) is 30.1 Å². The van der Waals surface area contributed by atoms with Gasteiger partial charge in [0, 0.05) is 29.9 Å². The Kier molecular flexibility index (Phi) is 3.83. The average molecular weight is 315 g/mol. The van der Waals surface area contributed by atoms with E-state index < -0.39 is 17.7 Å². The van der Waals surface area contributed by atoms with E-state index in [0.717, 1.165) is 17.5 Å². The highest BCUT2D eigenvalue weighted by Crippen LogP contribution is 2.24. The third-order valence-corrected chi connectivity index (χ3v) is 3.87. The maximum absolute atomic E-state index is 12.8. The molecule has 3 rings (SSSR count). The summed E-state index contributed by atoms with van der Waals surface area (Å²) in [6.45, 7) is 6.01. The van der Waals surface area contributed by atoms with E-state index in [2.05, 4.69) is 9.97 Å². The lowest BCUT2D eigenvalue weighted by Crippen LogP contribution is -2.43. The molecule has 1 atom stereocenters. The van der Waals surface area contributed by atoms with Gasteiger partial charge in [-0.2, -0.15) is 0 Å². The molecule has 1 amide bonds. The number of hydrogen-bond donors (Lipinski definition) is 1. The van der Waals surface area contributed by atoms with Crippen molar-refractivity contribution in [2.24, 2.45) is 0 Å². The summed E-state index contributed by atoms with van der Waals surface area (Å²) in [7, 11) is 0. The van der Waals surface area contributed by atoms with Crippen LogP contribution in [0.1, 0.15) is 44.0 Å². The van der Waals surface area contributed by atoms with Crippen LogP contribution in [-0.4, -0.2) is 44.9 Å². The van der Waals surface area contributed by atoms with Gasteiger partial charge in [-0.05, 0) is 45.7 Å². The van der Waals surface area contributed by atoms with Gasteiger partial charge in [-0.3, -0.25) is 9.69 Å². The molecule has 1 aliphatic rings. The number of carbonyl (C=O) groups excluding carboxylic acids is 2. The molecular formula is C17H21N3O3. The SMILES string of the molecule is CC(C)(C)OC(=O)N1CCCC1C(=O)c1cnc2[nH]ccc2c1. The van der Waals surface area contributed by atoms with Crippen LogP contribution in [0.15, 0.2) is 24.5 Å². The maximum Gasteiger partial charge on any atom is 0.410 e. The van der Waals surface area contributed by atoms with Gasteiger partial charge in [-0.25, -0.2) is 9.78 Å². The molecule has 0 spiro atoms.